The molecular formula is C11H9BrN2O3. The summed E-state index contributed by atoms with van der Waals surface area (Å²) in [6.07, 6.45) is 1.61. The van der Waals surface area contributed by atoms with E-state index in [0.29, 0.717) is 5.65 Å². The second-order valence-electron chi connectivity index (χ2n) is 3.46. The first kappa shape index (κ1) is 11.8. The molecule has 17 heavy (non-hydrogen) atoms. The molecule has 0 saturated heterocycles. The number of rotatable bonds is 1. The van der Waals surface area contributed by atoms with Crippen molar-refractivity contribution in [3.8, 4) is 0 Å². The van der Waals surface area contributed by atoms with Gasteiger partial charge in [0.25, 0.3) is 5.56 Å². The zero-order chi connectivity index (χ0) is 12.6. The van der Waals surface area contributed by atoms with Gasteiger partial charge in [-0.25, -0.2) is 9.78 Å². The summed E-state index contributed by atoms with van der Waals surface area (Å²) in [6, 6.07) is 3.40. The first-order valence-electron chi connectivity index (χ1n) is 4.81. The zero-order valence-electron chi connectivity index (χ0n) is 9.23. The van der Waals surface area contributed by atoms with Gasteiger partial charge < -0.3 is 4.74 Å². The highest BCUT2D eigenvalue weighted by molar-refractivity contribution is 9.10. The Bertz CT molecular complexity index is 664. The van der Waals surface area contributed by atoms with E-state index in [4.69, 9.17) is 0 Å². The number of hydrogen-bond donors (Lipinski definition) is 0. The molecular weight excluding hydrogens is 288 g/mol. The lowest BCUT2D eigenvalue weighted by Gasteiger charge is -2.06. The summed E-state index contributed by atoms with van der Waals surface area (Å²) in [5, 5.41) is 0. The number of carbonyl (C=O) groups excluding carboxylic acids is 1. The molecule has 6 heteroatoms. The van der Waals surface area contributed by atoms with Crippen LogP contribution in [0.3, 0.4) is 0 Å². The number of hydrogen-bond acceptors (Lipinski definition) is 4. The number of esters is 1. The molecule has 0 bridgehead atoms. The second kappa shape index (κ2) is 4.29. The van der Waals surface area contributed by atoms with Gasteiger partial charge in [0, 0.05) is 16.2 Å². The van der Waals surface area contributed by atoms with Gasteiger partial charge in [-0.2, -0.15) is 0 Å². The Hall–Kier alpha value is -1.69. The Morgan fingerprint density at radius 2 is 2.18 bits per heavy atom. The van der Waals surface area contributed by atoms with Crippen molar-refractivity contribution in [1.29, 1.82) is 0 Å². The summed E-state index contributed by atoms with van der Waals surface area (Å²) >= 11 is 3.27. The molecule has 0 radical (unpaired) electrons. The van der Waals surface area contributed by atoms with Crippen LogP contribution in [0.2, 0.25) is 0 Å². The van der Waals surface area contributed by atoms with Crippen LogP contribution in [0.4, 0.5) is 0 Å². The minimum Gasteiger partial charge on any atom is -0.464 e. The van der Waals surface area contributed by atoms with Crippen molar-refractivity contribution in [2.24, 2.45) is 0 Å². The molecule has 2 aromatic heterocycles. The van der Waals surface area contributed by atoms with Crippen LogP contribution in [0, 0.1) is 6.92 Å². The van der Waals surface area contributed by atoms with Crippen molar-refractivity contribution < 1.29 is 9.53 Å². The van der Waals surface area contributed by atoms with E-state index >= 15 is 0 Å². The minimum absolute atomic E-state index is 0.0554. The van der Waals surface area contributed by atoms with E-state index < -0.39 is 5.97 Å². The fraction of sp³-hybridized carbons (Fsp3) is 0.182. The van der Waals surface area contributed by atoms with Gasteiger partial charge in [-0.3, -0.25) is 9.20 Å². The Morgan fingerprint density at radius 3 is 2.82 bits per heavy atom. The van der Waals surface area contributed by atoms with Crippen molar-refractivity contribution in [3.63, 3.8) is 0 Å². The van der Waals surface area contributed by atoms with Gasteiger partial charge in [0.15, 0.2) is 5.69 Å². The summed E-state index contributed by atoms with van der Waals surface area (Å²) in [5.41, 5.74) is 0.452. The molecule has 5 nitrogen and oxygen atoms in total. The highest BCUT2D eigenvalue weighted by atomic mass is 79.9. The predicted octanol–water partition coefficient (Wildman–Crippen LogP) is 1.55. The maximum absolute atomic E-state index is 12.0. The van der Waals surface area contributed by atoms with Crippen LogP contribution < -0.4 is 5.56 Å². The molecule has 88 valence electrons. The van der Waals surface area contributed by atoms with Crippen molar-refractivity contribution >= 4 is 27.5 Å². The number of ether oxygens (including phenoxy) is 1. The normalized spacial score (nSPS) is 10.5. The predicted molar refractivity (Wildman–Crippen MR) is 65.2 cm³/mol. The van der Waals surface area contributed by atoms with Gasteiger partial charge in [0.2, 0.25) is 0 Å². The van der Waals surface area contributed by atoms with Crippen molar-refractivity contribution in [2.75, 3.05) is 7.11 Å². The van der Waals surface area contributed by atoms with Crippen LogP contribution >= 0.6 is 15.9 Å². The second-order valence-corrected chi connectivity index (χ2v) is 4.37. The number of carbonyl (C=O) groups is 1. The fourth-order valence-corrected chi connectivity index (χ4v) is 1.83. The van der Waals surface area contributed by atoms with Gasteiger partial charge in [-0.15, -0.1) is 0 Å². The zero-order valence-corrected chi connectivity index (χ0v) is 10.8. The summed E-state index contributed by atoms with van der Waals surface area (Å²) in [5.74, 6) is -0.606. The molecule has 0 aliphatic carbocycles. The molecule has 0 spiro atoms. The van der Waals surface area contributed by atoms with E-state index in [1.165, 1.54) is 11.5 Å². The van der Waals surface area contributed by atoms with Crippen LogP contribution in [0.1, 0.15) is 16.1 Å². The Kier molecular flexibility index (Phi) is 2.97. The molecule has 0 aliphatic heterocycles. The topological polar surface area (TPSA) is 60.7 Å². The molecule has 0 aliphatic rings. The van der Waals surface area contributed by atoms with E-state index in [9.17, 15) is 9.59 Å². The Labute approximate surface area is 105 Å². The maximum atomic E-state index is 12.0. The molecule has 0 atom stereocenters. The summed E-state index contributed by atoms with van der Waals surface area (Å²) in [6.45, 7) is 1.55. The van der Waals surface area contributed by atoms with E-state index in [0.717, 1.165) is 4.47 Å². The molecule has 0 amide bonds. The quantitative estimate of drug-likeness (QED) is 0.749. The number of fused-ring (bicyclic) bond motifs is 1. The Balaban J connectivity index is 2.84. The lowest BCUT2D eigenvalue weighted by molar-refractivity contribution is 0.0593. The van der Waals surface area contributed by atoms with Crippen LogP contribution in [0.25, 0.3) is 5.65 Å². The third-order valence-corrected chi connectivity index (χ3v) is 2.86. The third-order valence-electron chi connectivity index (χ3n) is 2.39. The number of pyridine rings is 1. The van der Waals surface area contributed by atoms with E-state index in [-0.39, 0.29) is 16.8 Å². The van der Waals surface area contributed by atoms with Crippen LogP contribution in [-0.4, -0.2) is 22.5 Å². The molecule has 2 aromatic rings. The fourth-order valence-electron chi connectivity index (χ4n) is 1.50. The largest absolute Gasteiger partial charge is 0.464 e. The standard InChI is InChI=1S/C11H9BrN2O3/c1-6-9(11(16)17-2)13-8-4-3-7(12)5-14(8)10(6)15/h3-5H,1-2H3. The Morgan fingerprint density at radius 1 is 1.47 bits per heavy atom. The van der Waals surface area contributed by atoms with Crippen molar-refractivity contribution in [3.05, 3.63) is 44.4 Å². The van der Waals surface area contributed by atoms with E-state index in [1.54, 1.807) is 25.3 Å². The molecule has 0 aromatic carbocycles. The smallest absolute Gasteiger partial charge is 0.357 e. The summed E-state index contributed by atoms with van der Waals surface area (Å²) < 4.78 is 6.73. The van der Waals surface area contributed by atoms with Crippen LogP contribution in [-0.2, 0) is 4.74 Å². The van der Waals surface area contributed by atoms with Gasteiger partial charge in [0.1, 0.15) is 5.65 Å². The summed E-state index contributed by atoms with van der Waals surface area (Å²) in [4.78, 5) is 27.6. The van der Waals surface area contributed by atoms with Gasteiger partial charge in [-0.05, 0) is 35.0 Å². The average Bonchev–Trinajstić information content (AvgIpc) is 2.33. The average molecular weight is 297 g/mol. The van der Waals surface area contributed by atoms with Crippen LogP contribution in [0.5, 0.6) is 0 Å². The number of methoxy groups -OCH3 is 1. The van der Waals surface area contributed by atoms with Crippen LogP contribution in [0.15, 0.2) is 27.6 Å². The van der Waals surface area contributed by atoms with Gasteiger partial charge in [-0.1, -0.05) is 0 Å². The van der Waals surface area contributed by atoms with E-state index in [1.807, 2.05) is 0 Å². The van der Waals surface area contributed by atoms with Crippen molar-refractivity contribution in [2.45, 2.75) is 6.92 Å². The lowest BCUT2D eigenvalue weighted by Crippen LogP contribution is -2.23. The highest BCUT2D eigenvalue weighted by Gasteiger charge is 2.16. The molecule has 2 heterocycles. The monoisotopic (exact) mass is 296 g/mol. The SMILES string of the molecule is COC(=O)c1nc2ccc(Br)cn2c(=O)c1C. The number of halogens is 1. The number of nitrogens with zero attached hydrogens (tertiary/aromatic N) is 2. The van der Waals surface area contributed by atoms with Gasteiger partial charge in [0.05, 0.1) is 7.11 Å². The first-order valence-corrected chi connectivity index (χ1v) is 5.60. The minimum atomic E-state index is -0.606. The molecule has 0 saturated carbocycles. The first-order chi connectivity index (χ1) is 8.04. The molecule has 0 fully saturated rings. The van der Waals surface area contributed by atoms with Gasteiger partial charge >= 0.3 is 5.97 Å². The molecule has 0 N–H and O–H groups in total. The van der Waals surface area contributed by atoms with E-state index in [2.05, 4.69) is 25.7 Å². The maximum Gasteiger partial charge on any atom is 0.357 e. The molecule has 0 unspecified atom stereocenters. The third kappa shape index (κ3) is 1.95. The number of aromatic nitrogens is 2. The highest BCUT2D eigenvalue weighted by Crippen LogP contribution is 2.11. The lowest BCUT2D eigenvalue weighted by atomic mass is 10.2. The summed E-state index contributed by atoms with van der Waals surface area (Å²) in [7, 11) is 1.26. The van der Waals surface area contributed by atoms with Crippen molar-refractivity contribution in [1.82, 2.24) is 9.38 Å². The molecule has 2 rings (SSSR count).